The third kappa shape index (κ3) is 6.08. The van der Waals surface area contributed by atoms with Crippen LogP contribution in [0.5, 0.6) is 11.5 Å². The second-order valence-electron chi connectivity index (χ2n) is 7.06. The van der Waals surface area contributed by atoms with Crippen molar-refractivity contribution >= 4 is 5.78 Å². The van der Waals surface area contributed by atoms with Crippen LogP contribution in [-0.2, 0) is 19.5 Å². The SMILES string of the molecule is CCCCCc1ccc(CCCC(=O)c2ccc(OCC)c(CF)c2O)cc1. The minimum atomic E-state index is -0.868. The van der Waals surface area contributed by atoms with E-state index in [4.69, 9.17) is 4.74 Å². The number of unbranched alkanes of at least 4 members (excludes halogenated alkanes) is 2. The number of aryl methyl sites for hydroxylation is 2. The maximum atomic E-state index is 13.3. The minimum Gasteiger partial charge on any atom is -0.507 e. The van der Waals surface area contributed by atoms with E-state index >= 15 is 0 Å². The molecule has 28 heavy (non-hydrogen) atoms. The Kier molecular flexibility index (Phi) is 8.99. The van der Waals surface area contributed by atoms with Gasteiger partial charge in [-0.3, -0.25) is 4.79 Å². The van der Waals surface area contributed by atoms with Crippen LogP contribution in [0.25, 0.3) is 0 Å². The predicted molar refractivity (Wildman–Crippen MR) is 111 cm³/mol. The first-order valence-electron chi connectivity index (χ1n) is 10.2. The molecule has 1 N–H and O–H groups in total. The number of benzene rings is 2. The quantitative estimate of drug-likeness (QED) is 0.349. The van der Waals surface area contributed by atoms with Crippen LogP contribution in [0.3, 0.4) is 0 Å². The maximum absolute atomic E-state index is 13.3. The number of alkyl halides is 1. The van der Waals surface area contributed by atoms with E-state index in [1.54, 1.807) is 13.0 Å². The molecule has 0 saturated heterocycles. The van der Waals surface area contributed by atoms with Gasteiger partial charge in [0.25, 0.3) is 0 Å². The molecule has 0 aliphatic rings. The number of hydrogen-bond acceptors (Lipinski definition) is 3. The molecule has 152 valence electrons. The first-order chi connectivity index (χ1) is 13.6. The normalized spacial score (nSPS) is 10.8. The molecule has 2 aromatic carbocycles. The Labute approximate surface area is 167 Å². The summed E-state index contributed by atoms with van der Waals surface area (Å²) in [5.74, 6) is -0.181. The second-order valence-corrected chi connectivity index (χ2v) is 7.06. The Morgan fingerprint density at radius 1 is 0.964 bits per heavy atom. The number of aromatic hydroxyl groups is 1. The monoisotopic (exact) mass is 386 g/mol. The Bertz CT molecular complexity index is 753. The van der Waals surface area contributed by atoms with Gasteiger partial charge in [-0.05, 0) is 55.9 Å². The Balaban J connectivity index is 1.90. The fraction of sp³-hybridized carbons (Fsp3) is 0.458. The first-order valence-corrected chi connectivity index (χ1v) is 10.2. The van der Waals surface area contributed by atoms with E-state index in [1.165, 1.54) is 36.5 Å². The molecule has 4 heteroatoms. The van der Waals surface area contributed by atoms with Crippen LogP contribution in [0.15, 0.2) is 36.4 Å². The number of hydrogen-bond donors (Lipinski definition) is 1. The smallest absolute Gasteiger partial charge is 0.166 e. The fourth-order valence-corrected chi connectivity index (χ4v) is 3.30. The zero-order chi connectivity index (χ0) is 20.4. The molecule has 3 nitrogen and oxygen atoms in total. The highest BCUT2D eigenvalue weighted by Crippen LogP contribution is 2.33. The zero-order valence-electron chi connectivity index (χ0n) is 17.0. The van der Waals surface area contributed by atoms with Crippen molar-refractivity contribution in [2.24, 2.45) is 0 Å². The molecular weight excluding hydrogens is 355 g/mol. The topological polar surface area (TPSA) is 46.5 Å². The fourth-order valence-electron chi connectivity index (χ4n) is 3.30. The van der Waals surface area contributed by atoms with Crippen LogP contribution in [0.4, 0.5) is 4.39 Å². The van der Waals surface area contributed by atoms with E-state index in [1.807, 2.05) is 0 Å². The Morgan fingerprint density at radius 2 is 1.61 bits per heavy atom. The lowest BCUT2D eigenvalue weighted by Gasteiger charge is -2.12. The zero-order valence-corrected chi connectivity index (χ0v) is 17.0. The summed E-state index contributed by atoms with van der Waals surface area (Å²) in [4.78, 5) is 12.5. The molecule has 0 spiro atoms. The standard InChI is InChI=1S/C24H31FO3/c1-3-5-6-8-18-11-13-19(14-12-18)9-7-10-22(26)20-15-16-23(28-4-2)21(17-25)24(20)27/h11-16,27H,3-10,17H2,1-2H3. The number of halogens is 1. The first kappa shape index (κ1) is 21.9. The summed E-state index contributed by atoms with van der Waals surface area (Å²) < 4.78 is 18.6. The molecule has 0 bridgehead atoms. The van der Waals surface area contributed by atoms with Crippen LogP contribution in [-0.4, -0.2) is 17.5 Å². The lowest BCUT2D eigenvalue weighted by molar-refractivity contribution is 0.0977. The second kappa shape index (κ2) is 11.5. The Hall–Kier alpha value is -2.36. The van der Waals surface area contributed by atoms with Gasteiger partial charge in [0.15, 0.2) is 5.78 Å². The van der Waals surface area contributed by atoms with E-state index in [0.717, 1.165) is 12.8 Å². The molecule has 0 atom stereocenters. The van der Waals surface area contributed by atoms with Crippen LogP contribution in [0.2, 0.25) is 0 Å². The largest absolute Gasteiger partial charge is 0.507 e. The third-order valence-electron chi connectivity index (χ3n) is 4.93. The van der Waals surface area contributed by atoms with Gasteiger partial charge in [0, 0.05) is 6.42 Å². The van der Waals surface area contributed by atoms with Gasteiger partial charge in [-0.25, -0.2) is 4.39 Å². The Morgan fingerprint density at radius 3 is 2.18 bits per heavy atom. The highest BCUT2D eigenvalue weighted by Gasteiger charge is 2.18. The van der Waals surface area contributed by atoms with E-state index < -0.39 is 6.67 Å². The number of ketones is 1. The van der Waals surface area contributed by atoms with Gasteiger partial charge in [0.2, 0.25) is 0 Å². The van der Waals surface area contributed by atoms with Crippen molar-refractivity contribution in [1.82, 2.24) is 0 Å². The number of rotatable bonds is 12. The molecule has 0 radical (unpaired) electrons. The van der Waals surface area contributed by atoms with E-state index in [0.29, 0.717) is 19.4 Å². The van der Waals surface area contributed by atoms with Gasteiger partial charge in [0.05, 0.1) is 17.7 Å². The molecule has 2 aromatic rings. The number of ether oxygens (including phenoxy) is 1. The highest BCUT2D eigenvalue weighted by atomic mass is 19.1. The van der Waals surface area contributed by atoms with Crippen LogP contribution in [0, 0.1) is 0 Å². The van der Waals surface area contributed by atoms with Gasteiger partial charge in [0.1, 0.15) is 18.2 Å². The van der Waals surface area contributed by atoms with Gasteiger partial charge < -0.3 is 9.84 Å². The molecule has 0 fully saturated rings. The van der Waals surface area contributed by atoms with Crippen LogP contribution < -0.4 is 4.74 Å². The molecule has 0 aliphatic carbocycles. The molecular formula is C24H31FO3. The summed E-state index contributed by atoms with van der Waals surface area (Å²) >= 11 is 0. The molecule has 0 amide bonds. The average molecular weight is 387 g/mol. The molecule has 0 aliphatic heterocycles. The number of phenols is 1. The van der Waals surface area contributed by atoms with Gasteiger partial charge in [-0.15, -0.1) is 0 Å². The number of carbonyl (C=O) groups excluding carboxylic acids is 1. The molecule has 0 aromatic heterocycles. The number of Topliss-reactive ketones (excluding diaryl/α,β-unsaturated/α-hetero) is 1. The van der Waals surface area contributed by atoms with Crippen molar-refractivity contribution in [3.63, 3.8) is 0 Å². The van der Waals surface area contributed by atoms with Gasteiger partial charge >= 0.3 is 0 Å². The predicted octanol–water partition coefficient (Wildman–Crippen LogP) is 6.20. The van der Waals surface area contributed by atoms with Crippen molar-refractivity contribution in [2.75, 3.05) is 6.61 Å². The van der Waals surface area contributed by atoms with Crippen LogP contribution >= 0.6 is 0 Å². The third-order valence-corrected chi connectivity index (χ3v) is 4.93. The number of phenolic OH excluding ortho intramolecular Hbond substituents is 1. The van der Waals surface area contributed by atoms with Crippen molar-refractivity contribution in [3.05, 3.63) is 58.7 Å². The lowest BCUT2D eigenvalue weighted by Crippen LogP contribution is -2.04. The summed E-state index contributed by atoms with van der Waals surface area (Å²) in [5.41, 5.74) is 2.77. The molecule has 0 heterocycles. The lowest BCUT2D eigenvalue weighted by atomic mass is 9.98. The average Bonchev–Trinajstić information content (AvgIpc) is 2.70. The van der Waals surface area contributed by atoms with Crippen LogP contribution in [0.1, 0.15) is 73.0 Å². The van der Waals surface area contributed by atoms with Crippen molar-refractivity contribution < 1.29 is 19.0 Å². The van der Waals surface area contributed by atoms with Crippen molar-refractivity contribution in [2.45, 2.75) is 65.5 Å². The van der Waals surface area contributed by atoms with Crippen molar-refractivity contribution in [1.29, 1.82) is 0 Å². The maximum Gasteiger partial charge on any atom is 0.166 e. The number of carbonyl (C=O) groups is 1. The summed E-state index contributed by atoms with van der Waals surface area (Å²) in [7, 11) is 0. The highest BCUT2D eigenvalue weighted by molar-refractivity contribution is 5.99. The molecule has 0 saturated carbocycles. The molecule has 0 unspecified atom stereocenters. The van der Waals surface area contributed by atoms with Crippen molar-refractivity contribution in [3.8, 4) is 11.5 Å². The molecule has 2 rings (SSSR count). The van der Waals surface area contributed by atoms with Gasteiger partial charge in [-0.2, -0.15) is 0 Å². The summed E-state index contributed by atoms with van der Waals surface area (Å²) in [5, 5.41) is 10.3. The van der Waals surface area contributed by atoms with E-state index in [9.17, 15) is 14.3 Å². The minimum absolute atomic E-state index is 0.0476. The summed E-state index contributed by atoms with van der Waals surface area (Å²) in [6, 6.07) is 11.7. The van der Waals surface area contributed by atoms with Gasteiger partial charge in [-0.1, -0.05) is 44.0 Å². The van der Waals surface area contributed by atoms with E-state index in [-0.39, 0.29) is 28.4 Å². The summed E-state index contributed by atoms with van der Waals surface area (Å²) in [6.07, 6.45) is 6.61. The summed E-state index contributed by atoms with van der Waals surface area (Å²) in [6.45, 7) is 3.50. The van der Waals surface area contributed by atoms with E-state index in [2.05, 4.69) is 31.2 Å².